The third kappa shape index (κ3) is 3.68. The second-order valence-corrected chi connectivity index (χ2v) is 8.24. The van der Waals surface area contributed by atoms with E-state index in [1.54, 1.807) is 18.8 Å². The Morgan fingerprint density at radius 2 is 1.72 bits per heavy atom. The number of benzene rings is 2. The van der Waals surface area contributed by atoms with Crippen molar-refractivity contribution in [3.8, 4) is 0 Å². The van der Waals surface area contributed by atoms with Crippen LogP contribution in [0.15, 0.2) is 59.6 Å². The Balaban J connectivity index is 1.71. The molecule has 1 unspecified atom stereocenters. The molecule has 29 heavy (non-hydrogen) atoms. The lowest BCUT2D eigenvalue weighted by Crippen LogP contribution is -2.61. The van der Waals surface area contributed by atoms with Crippen molar-refractivity contribution in [2.75, 3.05) is 14.1 Å². The molecular weight excluding hydrogens is 408 g/mol. The lowest BCUT2D eigenvalue weighted by molar-refractivity contribution is -0.548. The predicted molar refractivity (Wildman–Crippen MR) is 115 cm³/mol. The number of hydrogen-bond donors (Lipinski definition) is 0. The van der Waals surface area contributed by atoms with Gasteiger partial charge in [0.25, 0.3) is 17.8 Å². The highest BCUT2D eigenvalue weighted by Crippen LogP contribution is 2.27. The Kier molecular flexibility index (Phi) is 5.43. The number of amides is 3. The highest BCUT2D eigenvalue weighted by atomic mass is 35.5. The number of aliphatic imine (C=N–C) groups is 1. The van der Waals surface area contributed by atoms with Gasteiger partial charge in [-0.2, -0.15) is 0 Å². The van der Waals surface area contributed by atoms with Gasteiger partial charge in [0.1, 0.15) is 6.54 Å². The molecule has 0 N–H and O–H groups in total. The van der Waals surface area contributed by atoms with Crippen LogP contribution in [-0.2, 0) is 17.1 Å². The summed E-state index contributed by atoms with van der Waals surface area (Å²) < 4.78 is 1.94. The van der Waals surface area contributed by atoms with Gasteiger partial charge in [-0.1, -0.05) is 60.1 Å². The van der Waals surface area contributed by atoms with Crippen LogP contribution in [0.5, 0.6) is 0 Å². The molecule has 0 aliphatic carbocycles. The molecule has 0 bridgehead atoms. The van der Waals surface area contributed by atoms with Crippen molar-refractivity contribution >= 4 is 46.3 Å². The smallest absolute Gasteiger partial charge is 0.269 e. The molecule has 2 heterocycles. The van der Waals surface area contributed by atoms with E-state index < -0.39 is 6.04 Å². The standard InChI is InChI=1S/C21H20ClN4O2S/c1-24-18-17(19(27)25(2)21(24)28)26(12-15-10-6-7-11-16(15)22)20(23-18)29-13-14-8-4-3-5-9-14/h3-11,17H,12-13H2,1-2H3/q+1. The fourth-order valence-corrected chi connectivity index (χ4v) is 4.56. The zero-order valence-electron chi connectivity index (χ0n) is 16.1. The van der Waals surface area contributed by atoms with Crippen molar-refractivity contribution in [2.24, 2.45) is 4.99 Å². The van der Waals surface area contributed by atoms with Crippen LogP contribution in [0, 0.1) is 0 Å². The molecule has 1 atom stereocenters. The molecule has 4 rings (SSSR count). The maximum Gasteiger partial charge on any atom is 0.358 e. The second-order valence-electron chi connectivity index (χ2n) is 6.89. The Bertz CT molecular complexity index is 1040. The third-order valence-electron chi connectivity index (χ3n) is 5.00. The molecule has 0 radical (unpaired) electrons. The fraction of sp³-hybridized carbons (Fsp3) is 0.238. The molecule has 2 aliphatic heterocycles. The number of carbonyl (C=O) groups excluding carboxylic acids is 2. The van der Waals surface area contributed by atoms with Gasteiger partial charge >= 0.3 is 11.2 Å². The molecule has 0 saturated carbocycles. The van der Waals surface area contributed by atoms with Crippen LogP contribution in [0.2, 0.25) is 5.02 Å². The van der Waals surface area contributed by atoms with E-state index in [0.29, 0.717) is 28.3 Å². The number of halogens is 1. The van der Waals surface area contributed by atoms with E-state index in [-0.39, 0.29) is 11.9 Å². The van der Waals surface area contributed by atoms with Crippen LogP contribution in [-0.4, -0.2) is 57.5 Å². The van der Waals surface area contributed by atoms with Gasteiger partial charge in [-0.15, -0.1) is 0 Å². The van der Waals surface area contributed by atoms with E-state index >= 15 is 0 Å². The summed E-state index contributed by atoms with van der Waals surface area (Å²) in [5, 5.41) is 1.34. The van der Waals surface area contributed by atoms with Crippen molar-refractivity contribution in [3.63, 3.8) is 0 Å². The van der Waals surface area contributed by atoms with Gasteiger partial charge in [0, 0.05) is 30.4 Å². The molecule has 148 valence electrons. The van der Waals surface area contributed by atoms with E-state index in [1.165, 1.54) is 11.9 Å². The lowest BCUT2D eigenvalue weighted by Gasteiger charge is -2.30. The number of carbonyl (C=O) groups is 2. The Morgan fingerprint density at radius 1 is 1.03 bits per heavy atom. The van der Waals surface area contributed by atoms with Gasteiger partial charge in [-0.25, -0.2) is 9.37 Å². The van der Waals surface area contributed by atoms with Crippen LogP contribution >= 0.6 is 23.4 Å². The van der Waals surface area contributed by atoms with Crippen LogP contribution in [0.1, 0.15) is 11.1 Å². The van der Waals surface area contributed by atoms with Crippen molar-refractivity contribution in [1.29, 1.82) is 0 Å². The monoisotopic (exact) mass is 427 g/mol. The summed E-state index contributed by atoms with van der Waals surface area (Å²) in [7, 11) is 3.15. The van der Waals surface area contributed by atoms with E-state index in [1.807, 2.05) is 47.0 Å². The first-order chi connectivity index (χ1) is 14.0. The zero-order valence-corrected chi connectivity index (χ0v) is 17.7. The van der Waals surface area contributed by atoms with Gasteiger partial charge in [0.15, 0.2) is 0 Å². The van der Waals surface area contributed by atoms with Gasteiger partial charge in [-0.3, -0.25) is 14.6 Å². The van der Waals surface area contributed by atoms with E-state index in [2.05, 4.69) is 17.1 Å². The van der Waals surface area contributed by atoms with Gasteiger partial charge in [0.05, 0.1) is 0 Å². The van der Waals surface area contributed by atoms with Crippen molar-refractivity contribution in [1.82, 2.24) is 9.80 Å². The van der Waals surface area contributed by atoms with Crippen LogP contribution in [0.4, 0.5) is 4.79 Å². The van der Waals surface area contributed by atoms with Crippen molar-refractivity contribution in [3.05, 3.63) is 70.7 Å². The summed E-state index contributed by atoms with van der Waals surface area (Å²) in [6, 6.07) is 16.6. The summed E-state index contributed by atoms with van der Waals surface area (Å²) in [6.45, 7) is 0.427. The normalized spacial score (nSPS) is 19.0. The fourth-order valence-electron chi connectivity index (χ4n) is 3.38. The first kappa shape index (κ1) is 19.7. The lowest BCUT2D eigenvalue weighted by atomic mass is 10.1. The van der Waals surface area contributed by atoms with Gasteiger partial charge < -0.3 is 0 Å². The summed E-state index contributed by atoms with van der Waals surface area (Å²) in [5.41, 5.74) is 2.06. The highest BCUT2D eigenvalue weighted by Gasteiger charge is 2.53. The predicted octanol–water partition coefficient (Wildman–Crippen LogP) is 3.45. The minimum absolute atomic E-state index is 0.283. The quantitative estimate of drug-likeness (QED) is 0.702. The summed E-state index contributed by atoms with van der Waals surface area (Å²) in [5.74, 6) is 0.885. The molecule has 2 aliphatic rings. The molecule has 2 aromatic rings. The minimum atomic E-state index is -0.641. The number of imide groups is 1. The van der Waals surface area contributed by atoms with Gasteiger partial charge in [0.2, 0.25) is 0 Å². The van der Waals surface area contributed by atoms with Gasteiger partial charge in [-0.05, 0) is 28.4 Å². The largest absolute Gasteiger partial charge is 0.358 e. The molecule has 6 nitrogen and oxygen atoms in total. The maximum atomic E-state index is 13.0. The highest BCUT2D eigenvalue weighted by molar-refractivity contribution is 8.13. The minimum Gasteiger partial charge on any atom is -0.269 e. The first-order valence-corrected chi connectivity index (χ1v) is 10.5. The summed E-state index contributed by atoms with van der Waals surface area (Å²) in [6.07, 6.45) is 0. The number of fused-ring (bicyclic) bond motifs is 1. The third-order valence-corrected chi connectivity index (χ3v) is 6.43. The van der Waals surface area contributed by atoms with E-state index in [4.69, 9.17) is 11.6 Å². The molecule has 0 spiro atoms. The average Bonchev–Trinajstić information content (AvgIpc) is 3.10. The van der Waals surface area contributed by atoms with E-state index in [0.717, 1.165) is 16.0 Å². The Hall–Kier alpha value is -2.64. The zero-order chi connectivity index (χ0) is 20.5. The molecular formula is C21H20ClN4O2S+. The van der Waals surface area contributed by atoms with Crippen LogP contribution in [0.25, 0.3) is 0 Å². The Morgan fingerprint density at radius 3 is 2.45 bits per heavy atom. The number of urea groups is 1. The summed E-state index contributed by atoms with van der Waals surface area (Å²) >= 11 is 7.92. The number of hydrogen-bond acceptors (Lipinski definition) is 4. The van der Waals surface area contributed by atoms with Crippen molar-refractivity contribution < 1.29 is 14.2 Å². The molecule has 1 saturated heterocycles. The number of amidine groups is 2. The maximum absolute atomic E-state index is 13.0. The SMILES string of the molecule is CN1C(=O)C2C(=NC(SCc3ccccc3)=[N+]2Cc2ccccc2Cl)N(C)C1=O. The van der Waals surface area contributed by atoms with Crippen molar-refractivity contribution in [2.45, 2.75) is 18.3 Å². The molecule has 3 amide bonds. The Labute approximate surface area is 178 Å². The summed E-state index contributed by atoms with van der Waals surface area (Å²) in [4.78, 5) is 32.6. The van der Waals surface area contributed by atoms with Crippen LogP contribution in [0.3, 0.4) is 0 Å². The number of thioether (sulfide) groups is 1. The number of nitrogens with zero attached hydrogens (tertiary/aromatic N) is 4. The topological polar surface area (TPSA) is 56.0 Å². The van der Waals surface area contributed by atoms with Crippen LogP contribution < -0.4 is 0 Å². The molecule has 1 fully saturated rings. The number of likely N-dealkylation sites (N-methyl/N-ethyl adjacent to an activating group) is 2. The first-order valence-electron chi connectivity index (χ1n) is 9.15. The second kappa shape index (κ2) is 8.00. The number of rotatable bonds is 4. The molecule has 8 heteroatoms. The molecule has 0 aromatic heterocycles. The van der Waals surface area contributed by atoms with E-state index in [9.17, 15) is 9.59 Å². The average molecular weight is 428 g/mol. The molecule has 2 aromatic carbocycles.